The van der Waals surface area contributed by atoms with Gasteiger partial charge < -0.3 is 10.5 Å². The summed E-state index contributed by atoms with van der Waals surface area (Å²) in [6.45, 7) is 4.06. The summed E-state index contributed by atoms with van der Waals surface area (Å²) in [4.78, 5) is 11.6. The zero-order valence-corrected chi connectivity index (χ0v) is 9.96. The predicted molar refractivity (Wildman–Crippen MR) is 62.6 cm³/mol. The highest BCUT2D eigenvalue weighted by molar-refractivity contribution is 5.91. The van der Waals surface area contributed by atoms with Crippen LogP contribution in [-0.4, -0.2) is 13.0 Å². The number of hydrogen-bond donors (Lipinski definition) is 1. The lowest BCUT2D eigenvalue weighted by Gasteiger charge is -2.19. The second-order valence-corrected chi connectivity index (χ2v) is 4.53. The van der Waals surface area contributed by atoms with Gasteiger partial charge in [0.05, 0.1) is 12.5 Å². The Labute approximate surface area is 95.6 Å². The fourth-order valence-electron chi connectivity index (χ4n) is 2.30. The summed E-state index contributed by atoms with van der Waals surface area (Å²) in [6.07, 6.45) is 1.67. The number of carbonyl (C=O) groups is 1. The van der Waals surface area contributed by atoms with Gasteiger partial charge in [0.15, 0.2) is 0 Å². The van der Waals surface area contributed by atoms with E-state index < -0.39 is 5.41 Å². The molecular weight excluding hydrogens is 202 g/mol. The minimum atomic E-state index is -0.471. The maximum Gasteiger partial charge on any atom is 0.228 e. The number of methoxy groups -OCH3 is 1. The molecule has 1 fully saturated rings. The molecule has 1 aliphatic rings. The molecule has 1 saturated carbocycles. The summed E-state index contributed by atoms with van der Waals surface area (Å²) < 4.78 is 5.35. The van der Waals surface area contributed by atoms with Crippen LogP contribution in [0.1, 0.15) is 29.5 Å². The van der Waals surface area contributed by atoms with E-state index in [2.05, 4.69) is 0 Å². The largest absolute Gasteiger partial charge is 0.496 e. The zero-order valence-electron chi connectivity index (χ0n) is 9.96. The van der Waals surface area contributed by atoms with Gasteiger partial charge in [-0.05, 0) is 43.9 Å². The third-order valence-electron chi connectivity index (χ3n) is 3.62. The molecule has 3 nitrogen and oxygen atoms in total. The number of carbonyl (C=O) groups excluding carboxylic acids is 1. The molecule has 0 bridgehead atoms. The average molecular weight is 219 g/mol. The number of amides is 1. The molecule has 2 N–H and O–H groups in total. The average Bonchev–Trinajstić information content (AvgIpc) is 3.03. The van der Waals surface area contributed by atoms with E-state index in [-0.39, 0.29) is 5.91 Å². The first-order chi connectivity index (χ1) is 7.53. The Morgan fingerprint density at radius 1 is 1.38 bits per heavy atom. The van der Waals surface area contributed by atoms with Crippen LogP contribution in [0.2, 0.25) is 0 Å². The van der Waals surface area contributed by atoms with Crippen LogP contribution < -0.4 is 10.5 Å². The SMILES string of the molecule is COc1ccc(C)c(C)c1C1(C(N)=O)CC1. The van der Waals surface area contributed by atoms with Crippen LogP contribution >= 0.6 is 0 Å². The van der Waals surface area contributed by atoms with E-state index in [1.807, 2.05) is 26.0 Å². The molecule has 1 aromatic rings. The number of ether oxygens (including phenoxy) is 1. The fourth-order valence-corrected chi connectivity index (χ4v) is 2.30. The van der Waals surface area contributed by atoms with Crippen LogP contribution in [0.15, 0.2) is 12.1 Å². The molecule has 0 aliphatic heterocycles. The molecule has 1 amide bonds. The Morgan fingerprint density at radius 3 is 2.44 bits per heavy atom. The van der Waals surface area contributed by atoms with Crippen molar-refractivity contribution in [3.63, 3.8) is 0 Å². The molecule has 1 aromatic carbocycles. The Balaban J connectivity index is 2.63. The standard InChI is InChI=1S/C13H17NO2/c1-8-4-5-10(16-3)11(9(8)2)13(6-7-13)12(14)15/h4-5H,6-7H2,1-3H3,(H2,14,15). The first-order valence-electron chi connectivity index (χ1n) is 5.47. The van der Waals surface area contributed by atoms with Crippen molar-refractivity contribution in [1.29, 1.82) is 0 Å². The van der Waals surface area contributed by atoms with Gasteiger partial charge in [0, 0.05) is 5.56 Å². The van der Waals surface area contributed by atoms with Gasteiger partial charge >= 0.3 is 0 Å². The highest BCUT2D eigenvalue weighted by Crippen LogP contribution is 2.52. The minimum Gasteiger partial charge on any atom is -0.496 e. The van der Waals surface area contributed by atoms with Crippen molar-refractivity contribution in [1.82, 2.24) is 0 Å². The van der Waals surface area contributed by atoms with Crippen LogP contribution in [0.3, 0.4) is 0 Å². The summed E-state index contributed by atoms with van der Waals surface area (Å²) in [5, 5.41) is 0. The fraction of sp³-hybridized carbons (Fsp3) is 0.462. The van der Waals surface area contributed by atoms with E-state index in [1.165, 1.54) is 5.56 Å². The van der Waals surface area contributed by atoms with Crippen LogP contribution in [0.25, 0.3) is 0 Å². The number of rotatable bonds is 3. The highest BCUT2D eigenvalue weighted by Gasteiger charge is 2.52. The van der Waals surface area contributed by atoms with Gasteiger partial charge in [-0.15, -0.1) is 0 Å². The lowest BCUT2D eigenvalue weighted by molar-refractivity contribution is -0.120. The topological polar surface area (TPSA) is 52.3 Å². The molecule has 0 unspecified atom stereocenters. The number of aryl methyl sites for hydroxylation is 1. The van der Waals surface area contributed by atoms with E-state index in [0.717, 1.165) is 29.7 Å². The number of primary amides is 1. The normalized spacial score (nSPS) is 16.9. The van der Waals surface area contributed by atoms with E-state index in [9.17, 15) is 4.79 Å². The van der Waals surface area contributed by atoms with Gasteiger partial charge in [-0.1, -0.05) is 6.07 Å². The molecule has 0 heterocycles. The summed E-state index contributed by atoms with van der Waals surface area (Å²) >= 11 is 0. The van der Waals surface area contributed by atoms with Gasteiger partial charge in [0.1, 0.15) is 5.75 Å². The Hall–Kier alpha value is -1.51. The monoisotopic (exact) mass is 219 g/mol. The smallest absolute Gasteiger partial charge is 0.228 e. The molecule has 1 aliphatic carbocycles. The number of benzene rings is 1. The molecule has 3 heteroatoms. The predicted octanol–water partition coefficient (Wildman–Crippen LogP) is 1.83. The van der Waals surface area contributed by atoms with Crippen LogP contribution in [-0.2, 0) is 10.2 Å². The second-order valence-electron chi connectivity index (χ2n) is 4.53. The first-order valence-corrected chi connectivity index (χ1v) is 5.47. The van der Waals surface area contributed by atoms with E-state index >= 15 is 0 Å². The summed E-state index contributed by atoms with van der Waals surface area (Å²) in [5.41, 5.74) is 8.32. The van der Waals surface area contributed by atoms with Crippen LogP contribution in [0, 0.1) is 13.8 Å². The third kappa shape index (κ3) is 1.39. The quantitative estimate of drug-likeness (QED) is 0.843. The van der Waals surface area contributed by atoms with Crippen molar-refractivity contribution in [2.45, 2.75) is 32.1 Å². The molecule has 0 atom stereocenters. The maximum absolute atomic E-state index is 11.6. The Morgan fingerprint density at radius 2 is 2.00 bits per heavy atom. The van der Waals surface area contributed by atoms with Gasteiger partial charge in [0.2, 0.25) is 5.91 Å². The van der Waals surface area contributed by atoms with E-state index in [0.29, 0.717) is 0 Å². The molecule has 0 saturated heterocycles. The molecule has 2 rings (SSSR count). The molecule has 0 radical (unpaired) electrons. The summed E-state index contributed by atoms with van der Waals surface area (Å²) in [7, 11) is 1.63. The Kier molecular flexibility index (Phi) is 2.41. The van der Waals surface area contributed by atoms with Crippen molar-refractivity contribution >= 4 is 5.91 Å². The number of nitrogens with two attached hydrogens (primary N) is 1. The summed E-state index contributed by atoms with van der Waals surface area (Å²) in [6, 6.07) is 3.93. The van der Waals surface area contributed by atoms with Gasteiger partial charge in [-0.2, -0.15) is 0 Å². The van der Waals surface area contributed by atoms with Gasteiger partial charge in [-0.25, -0.2) is 0 Å². The van der Waals surface area contributed by atoms with Crippen LogP contribution in [0.5, 0.6) is 5.75 Å². The van der Waals surface area contributed by atoms with Gasteiger partial charge in [-0.3, -0.25) is 4.79 Å². The molecule has 16 heavy (non-hydrogen) atoms. The third-order valence-corrected chi connectivity index (χ3v) is 3.62. The second kappa shape index (κ2) is 3.51. The lowest BCUT2D eigenvalue weighted by Crippen LogP contribution is -2.29. The molecular formula is C13H17NO2. The van der Waals surface area contributed by atoms with Crippen molar-refractivity contribution in [3.8, 4) is 5.75 Å². The minimum absolute atomic E-state index is 0.237. The van der Waals surface area contributed by atoms with E-state index in [1.54, 1.807) is 7.11 Å². The molecule has 0 spiro atoms. The van der Waals surface area contributed by atoms with Crippen molar-refractivity contribution in [2.75, 3.05) is 7.11 Å². The maximum atomic E-state index is 11.6. The number of hydrogen-bond acceptors (Lipinski definition) is 2. The first kappa shape index (κ1) is 11.0. The molecule has 0 aromatic heterocycles. The molecule has 86 valence electrons. The lowest BCUT2D eigenvalue weighted by atomic mass is 9.88. The highest BCUT2D eigenvalue weighted by atomic mass is 16.5. The Bertz CT molecular complexity index is 447. The van der Waals surface area contributed by atoms with Crippen LogP contribution in [0.4, 0.5) is 0 Å². The van der Waals surface area contributed by atoms with Crippen molar-refractivity contribution in [2.24, 2.45) is 5.73 Å². The van der Waals surface area contributed by atoms with E-state index in [4.69, 9.17) is 10.5 Å². The van der Waals surface area contributed by atoms with Crippen molar-refractivity contribution in [3.05, 3.63) is 28.8 Å². The summed E-state index contributed by atoms with van der Waals surface area (Å²) in [5.74, 6) is 0.541. The van der Waals surface area contributed by atoms with Gasteiger partial charge in [0.25, 0.3) is 0 Å². The zero-order chi connectivity index (χ0) is 11.9. The van der Waals surface area contributed by atoms with Crippen molar-refractivity contribution < 1.29 is 9.53 Å².